The Hall–Kier alpha value is -3.47. The van der Waals surface area contributed by atoms with E-state index < -0.39 is 0 Å². The zero-order chi connectivity index (χ0) is 29.9. The zero-order valence-electron chi connectivity index (χ0n) is 25.9. The van der Waals surface area contributed by atoms with Crippen LogP contribution in [0, 0.1) is 5.41 Å². The molecule has 2 atom stereocenters. The van der Waals surface area contributed by atoms with Gasteiger partial charge >= 0.3 is 0 Å². The van der Waals surface area contributed by atoms with Crippen LogP contribution in [0.2, 0.25) is 0 Å². The summed E-state index contributed by atoms with van der Waals surface area (Å²) in [6, 6.07) is 16.9. The van der Waals surface area contributed by atoms with Crippen molar-refractivity contribution < 1.29 is 15.1 Å². The lowest BCUT2D eigenvalue weighted by Gasteiger charge is -2.40. The van der Waals surface area contributed by atoms with Gasteiger partial charge < -0.3 is 20.8 Å². The first-order valence-corrected chi connectivity index (χ1v) is 14.8. The minimum atomic E-state index is -0.243. The molecule has 3 aromatic rings. The van der Waals surface area contributed by atoms with Crippen LogP contribution in [0.3, 0.4) is 0 Å². The minimum Gasteiger partial charge on any atom is -0.508 e. The Labute approximate surface area is 244 Å². The predicted octanol–water partition coefficient (Wildman–Crippen LogP) is 7.94. The van der Waals surface area contributed by atoms with Crippen LogP contribution in [0.1, 0.15) is 126 Å². The lowest BCUT2D eigenvalue weighted by atomic mass is 9.70. The molecular weight excluding hydrogens is 508 g/mol. The first-order valence-electron chi connectivity index (χ1n) is 14.8. The lowest BCUT2D eigenvalue weighted by Crippen LogP contribution is -2.36. The van der Waals surface area contributed by atoms with Crippen molar-refractivity contribution >= 4 is 5.84 Å². The molecule has 0 amide bonds. The van der Waals surface area contributed by atoms with Crippen molar-refractivity contribution in [2.45, 2.75) is 103 Å². The molecule has 6 rings (SSSR count). The smallest absolute Gasteiger partial charge is 0.170 e. The van der Waals surface area contributed by atoms with Crippen LogP contribution in [-0.2, 0) is 21.8 Å². The van der Waals surface area contributed by atoms with Gasteiger partial charge in [0.25, 0.3) is 0 Å². The Morgan fingerprint density at radius 3 is 1.93 bits per heavy atom. The van der Waals surface area contributed by atoms with Crippen LogP contribution in [0.25, 0.3) is 0 Å². The molecule has 2 aliphatic carbocycles. The van der Waals surface area contributed by atoms with Crippen molar-refractivity contribution in [3.05, 3.63) is 93.0 Å². The van der Waals surface area contributed by atoms with Crippen LogP contribution < -0.4 is 10.5 Å². The first kappa shape index (κ1) is 27.7. The highest BCUT2D eigenvalue weighted by atomic mass is 16.5. The Morgan fingerprint density at radius 1 is 0.829 bits per heavy atom. The molecule has 3 aromatic carbocycles. The van der Waals surface area contributed by atoms with Gasteiger partial charge in [-0.1, -0.05) is 84.0 Å². The number of rotatable bonds is 3. The molecule has 4 N–H and O–H groups in total. The molecule has 1 heterocycles. The minimum absolute atomic E-state index is 0.0113. The molecule has 216 valence electrons. The summed E-state index contributed by atoms with van der Waals surface area (Å²) in [6.07, 6.45) is 2.00. The maximum absolute atomic E-state index is 11.8. The largest absolute Gasteiger partial charge is 0.508 e. The number of hydrogen-bond acceptors (Lipinski definition) is 4. The first-order chi connectivity index (χ1) is 18.9. The zero-order valence-corrected chi connectivity index (χ0v) is 25.9. The van der Waals surface area contributed by atoms with Crippen LogP contribution >= 0.6 is 0 Å². The number of amidine groups is 1. The summed E-state index contributed by atoms with van der Waals surface area (Å²) in [4.78, 5) is 0. The van der Waals surface area contributed by atoms with E-state index in [0.29, 0.717) is 11.3 Å². The van der Waals surface area contributed by atoms with Crippen LogP contribution in [-0.4, -0.2) is 16.1 Å². The monoisotopic (exact) mass is 552 g/mol. The van der Waals surface area contributed by atoms with Gasteiger partial charge in [0.15, 0.2) is 5.84 Å². The SMILES string of the molecule is CC1(C)CC2(CC(C)(C)c3cc4c(cc32)OC4(C)C)c2cc(O)c(C(c3ccc(/C(N)=N/O)cc3)C(C)(C)C)cc21. The van der Waals surface area contributed by atoms with Gasteiger partial charge in [-0.15, -0.1) is 0 Å². The summed E-state index contributed by atoms with van der Waals surface area (Å²) in [5, 5.41) is 24.1. The number of fused-ring (bicyclic) bond motifs is 5. The third kappa shape index (κ3) is 3.91. The second kappa shape index (κ2) is 8.30. The van der Waals surface area contributed by atoms with E-state index in [1.165, 1.54) is 27.8 Å². The standard InChI is InChI=1S/C36H44N2O3/c1-32(2,3)30(20-10-12-21(13-11-20)31(37)38-40)22-14-23-25(16-28(22)39)36(18-33(23,4)5)19-34(6,7)24-15-27-29(17-26(24)36)41-35(27,8)9/h10-17,30,39-40H,18-19H2,1-9H3,(H2,37,38). The molecule has 5 heteroatoms. The topological polar surface area (TPSA) is 88.1 Å². The number of aromatic hydroxyl groups is 1. The molecule has 1 spiro atoms. The Morgan fingerprint density at radius 2 is 1.39 bits per heavy atom. The fraction of sp³-hybridized carbons (Fsp3) is 0.472. The van der Waals surface area contributed by atoms with Crippen molar-refractivity contribution in [1.29, 1.82) is 0 Å². The van der Waals surface area contributed by atoms with E-state index in [9.17, 15) is 5.11 Å². The summed E-state index contributed by atoms with van der Waals surface area (Å²) in [7, 11) is 0. The van der Waals surface area contributed by atoms with E-state index in [-0.39, 0.29) is 39.0 Å². The summed E-state index contributed by atoms with van der Waals surface area (Å²) in [6.45, 7) is 20.4. The summed E-state index contributed by atoms with van der Waals surface area (Å²) in [5.74, 6) is 1.37. The number of phenols is 1. The fourth-order valence-electron chi connectivity index (χ4n) is 8.50. The number of ether oxygens (including phenoxy) is 1. The van der Waals surface area contributed by atoms with Gasteiger partial charge in [-0.25, -0.2) is 0 Å². The highest BCUT2D eigenvalue weighted by molar-refractivity contribution is 5.97. The van der Waals surface area contributed by atoms with Gasteiger partial charge in [-0.2, -0.15) is 0 Å². The molecule has 0 radical (unpaired) electrons. The van der Waals surface area contributed by atoms with Crippen molar-refractivity contribution in [2.75, 3.05) is 0 Å². The number of hydrogen-bond donors (Lipinski definition) is 3. The quantitative estimate of drug-likeness (QED) is 0.133. The third-order valence-corrected chi connectivity index (χ3v) is 10.1. The van der Waals surface area contributed by atoms with Gasteiger partial charge in [-0.05, 0) is 89.0 Å². The molecule has 0 saturated heterocycles. The molecule has 0 aromatic heterocycles. The maximum Gasteiger partial charge on any atom is 0.170 e. The molecule has 0 fully saturated rings. The van der Waals surface area contributed by atoms with Gasteiger partial charge in [-0.3, -0.25) is 0 Å². The fourth-order valence-corrected chi connectivity index (χ4v) is 8.50. The molecule has 1 aliphatic heterocycles. The number of oxime groups is 1. The predicted molar refractivity (Wildman–Crippen MR) is 165 cm³/mol. The number of nitrogens with two attached hydrogens (primary N) is 1. The van der Waals surface area contributed by atoms with Gasteiger partial charge in [0.05, 0.1) is 0 Å². The van der Waals surface area contributed by atoms with Crippen LogP contribution in [0.4, 0.5) is 0 Å². The van der Waals surface area contributed by atoms with Crippen LogP contribution in [0.5, 0.6) is 11.5 Å². The van der Waals surface area contributed by atoms with E-state index in [0.717, 1.165) is 29.7 Å². The second-order valence-corrected chi connectivity index (χ2v) is 15.6. The van der Waals surface area contributed by atoms with E-state index in [1.54, 1.807) is 0 Å². The Balaban J connectivity index is 1.52. The summed E-state index contributed by atoms with van der Waals surface area (Å²) >= 11 is 0. The van der Waals surface area contributed by atoms with Crippen molar-refractivity contribution in [3.8, 4) is 11.5 Å². The maximum atomic E-state index is 11.8. The third-order valence-electron chi connectivity index (χ3n) is 10.1. The normalized spacial score (nSPS) is 23.8. The van der Waals surface area contributed by atoms with Gasteiger partial charge in [0.2, 0.25) is 0 Å². The molecule has 2 unspecified atom stereocenters. The van der Waals surface area contributed by atoms with Crippen molar-refractivity contribution in [2.24, 2.45) is 16.3 Å². The lowest BCUT2D eigenvalue weighted by molar-refractivity contribution is 0.0513. The molecule has 3 aliphatic rings. The average Bonchev–Trinajstić information content (AvgIpc) is 3.21. The van der Waals surface area contributed by atoms with Crippen LogP contribution in [0.15, 0.2) is 53.7 Å². The molecule has 0 bridgehead atoms. The summed E-state index contributed by atoms with van der Waals surface area (Å²) < 4.78 is 6.22. The molecular formula is C36H44N2O3. The van der Waals surface area contributed by atoms with E-state index in [4.69, 9.17) is 15.7 Å². The van der Waals surface area contributed by atoms with E-state index in [1.807, 2.05) is 24.3 Å². The number of benzene rings is 3. The Kier molecular flexibility index (Phi) is 5.61. The molecule has 0 saturated carbocycles. The molecule has 5 nitrogen and oxygen atoms in total. The van der Waals surface area contributed by atoms with Crippen molar-refractivity contribution in [1.82, 2.24) is 0 Å². The highest BCUT2D eigenvalue weighted by Gasteiger charge is 2.58. The molecule has 41 heavy (non-hydrogen) atoms. The van der Waals surface area contributed by atoms with Gasteiger partial charge in [0, 0.05) is 28.0 Å². The highest BCUT2D eigenvalue weighted by Crippen LogP contribution is 2.65. The van der Waals surface area contributed by atoms with E-state index >= 15 is 0 Å². The average molecular weight is 553 g/mol. The summed E-state index contributed by atoms with van der Waals surface area (Å²) in [5.41, 5.74) is 14.5. The van der Waals surface area contributed by atoms with Crippen molar-refractivity contribution in [3.63, 3.8) is 0 Å². The van der Waals surface area contributed by atoms with E-state index in [2.05, 4.69) is 91.7 Å². The number of nitrogens with zero attached hydrogens (tertiary/aromatic N) is 1. The second-order valence-electron chi connectivity index (χ2n) is 15.6. The number of phenolic OH excluding ortho intramolecular Hbond substituents is 1. The van der Waals surface area contributed by atoms with Gasteiger partial charge in [0.1, 0.15) is 17.1 Å². The Bertz CT molecular complexity index is 1610.